The van der Waals surface area contributed by atoms with Crippen molar-refractivity contribution >= 4 is 23.7 Å². The Balaban J connectivity index is 2.96. The fourth-order valence-electron chi connectivity index (χ4n) is 2.48. The molecule has 0 saturated heterocycles. The zero-order chi connectivity index (χ0) is 22.1. The molecule has 0 aliphatic rings. The van der Waals surface area contributed by atoms with Crippen molar-refractivity contribution in [2.24, 2.45) is 11.7 Å². The number of rotatable bonds is 10. The smallest absolute Gasteiger partial charge is 0.325 e. The van der Waals surface area contributed by atoms with Gasteiger partial charge in [0, 0.05) is 6.42 Å². The van der Waals surface area contributed by atoms with Gasteiger partial charge in [0.1, 0.15) is 23.9 Å². The molecule has 10 nitrogen and oxygen atoms in total. The molecule has 7 N–H and O–H groups in total. The Hall–Kier alpha value is -3.14. The second kappa shape index (κ2) is 11.0. The molecular weight excluding hydrogens is 380 g/mol. The maximum absolute atomic E-state index is 12.8. The highest BCUT2D eigenvalue weighted by molar-refractivity contribution is 5.93. The van der Waals surface area contributed by atoms with Crippen LogP contribution in [0.4, 0.5) is 0 Å². The summed E-state index contributed by atoms with van der Waals surface area (Å²) in [4.78, 5) is 47.9. The predicted octanol–water partition coefficient (Wildman–Crippen LogP) is -0.892. The zero-order valence-corrected chi connectivity index (χ0v) is 16.6. The summed E-state index contributed by atoms with van der Waals surface area (Å²) in [6.07, 6.45) is 0.107. The first-order chi connectivity index (χ1) is 13.5. The number of benzene rings is 1. The molecule has 10 heteroatoms. The molecule has 0 radical (unpaired) electrons. The molecule has 0 saturated carbocycles. The van der Waals surface area contributed by atoms with Crippen LogP contribution in [-0.2, 0) is 25.6 Å². The monoisotopic (exact) mass is 408 g/mol. The van der Waals surface area contributed by atoms with Crippen LogP contribution >= 0.6 is 0 Å². The van der Waals surface area contributed by atoms with E-state index in [1.165, 1.54) is 19.1 Å². The van der Waals surface area contributed by atoms with Gasteiger partial charge >= 0.3 is 5.97 Å². The van der Waals surface area contributed by atoms with E-state index >= 15 is 0 Å². The van der Waals surface area contributed by atoms with Crippen LogP contribution in [0.3, 0.4) is 0 Å². The van der Waals surface area contributed by atoms with Gasteiger partial charge in [0.15, 0.2) is 0 Å². The number of aromatic hydroxyl groups is 1. The first-order valence-corrected chi connectivity index (χ1v) is 9.16. The molecule has 3 atom stereocenters. The number of amides is 3. The molecule has 0 fully saturated rings. The summed E-state index contributed by atoms with van der Waals surface area (Å²) in [7, 11) is 0. The van der Waals surface area contributed by atoms with Crippen LogP contribution < -0.4 is 21.7 Å². The number of carboxylic acid groups (broad SMARTS) is 1. The molecule has 1 rings (SSSR count). The van der Waals surface area contributed by atoms with Crippen molar-refractivity contribution in [2.75, 3.05) is 6.54 Å². The van der Waals surface area contributed by atoms with Crippen LogP contribution in [0.25, 0.3) is 0 Å². The van der Waals surface area contributed by atoms with Crippen LogP contribution in [-0.4, -0.2) is 58.6 Å². The van der Waals surface area contributed by atoms with Gasteiger partial charge < -0.3 is 31.9 Å². The summed E-state index contributed by atoms with van der Waals surface area (Å²) in [5.41, 5.74) is 5.99. The third-order valence-electron chi connectivity index (χ3n) is 4.19. The maximum atomic E-state index is 12.8. The van der Waals surface area contributed by atoms with E-state index in [0.717, 1.165) is 0 Å². The number of carboxylic acids is 1. The molecule has 0 heterocycles. The van der Waals surface area contributed by atoms with Gasteiger partial charge in [-0.2, -0.15) is 0 Å². The minimum Gasteiger partial charge on any atom is -0.508 e. The highest BCUT2D eigenvalue weighted by atomic mass is 16.4. The van der Waals surface area contributed by atoms with Gasteiger partial charge in [-0.3, -0.25) is 19.2 Å². The summed E-state index contributed by atoms with van der Waals surface area (Å²) in [6.45, 7) is 4.39. The minimum absolute atomic E-state index is 0.0600. The lowest BCUT2D eigenvalue weighted by molar-refractivity contribution is -0.142. The molecule has 0 aromatic heterocycles. The first-order valence-electron chi connectivity index (χ1n) is 9.16. The predicted molar refractivity (Wildman–Crippen MR) is 105 cm³/mol. The SMILES string of the molecule is CC(NC(=O)C(NC(=O)C(Cc1ccc(O)cc1)NC(=O)CN)C(C)C)C(=O)O. The molecule has 29 heavy (non-hydrogen) atoms. The van der Waals surface area contributed by atoms with Crippen LogP contribution in [0, 0.1) is 5.92 Å². The summed E-state index contributed by atoms with van der Waals surface area (Å²) in [5.74, 6) is -3.28. The van der Waals surface area contributed by atoms with Gasteiger partial charge in [-0.1, -0.05) is 26.0 Å². The molecule has 3 amide bonds. The Bertz CT molecular complexity index is 735. The number of nitrogens with one attached hydrogen (secondary N) is 3. The molecule has 0 aliphatic carbocycles. The Morgan fingerprint density at radius 1 is 0.966 bits per heavy atom. The van der Waals surface area contributed by atoms with E-state index in [2.05, 4.69) is 16.0 Å². The lowest BCUT2D eigenvalue weighted by atomic mass is 10.0. The average Bonchev–Trinajstić information content (AvgIpc) is 2.66. The normalized spacial score (nSPS) is 13.8. The number of phenolic OH excluding ortho intramolecular Hbond substituents is 1. The number of hydrogen-bond acceptors (Lipinski definition) is 6. The molecule has 1 aromatic rings. The third-order valence-corrected chi connectivity index (χ3v) is 4.19. The van der Waals surface area contributed by atoms with E-state index < -0.39 is 41.8 Å². The molecule has 1 aromatic carbocycles. The maximum Gasteiger partial charge on any atom is 0.325 e. The van der Waals surface area contributed by atoms with Gasteiger partial charge in [0.25, 0.3) is 0 Å². The van der Waals surface area contributed by atoms with Crippen LogP contribution in [0.1, 0.15) is 26.3 Å². The second-order valence-corrected chi connectivity index (χ2v) is 6.99. The molecular formula is C19H28N4O6. The highest BCUT2D eigenvalue weighted by Crippen LogP contribution is 2.12. The minimum atomic E-state index is -1.20. The molecule has 0 spiro atoms. The van der Waals surface area contributed by atoms with Crippen molar-refractivity contribution in [3.63, 3.8) is 0 Å². The molecule has 3 unspecified atom stereocenters. The van der Waals surface area contributed by atoms with E-state index in [9.17, 15) is 24.3 Å². The van der Waals surface area contributed by atoms with Gasteiger partial charge in [-0.15, -0.1) is 0 Å². The summed E-state index contributed by atoms with van der Waals surface area (Å²) in [5, 5.41) is 25.7. The first kappa shape index (κ1) is 23.9. The second-order valence-electron chi connectivity index (χ2n) is 6.99. The Labute approximate surface area is 168 Å². The lowest BCUT2D eigenvalue weighted by Gasteiger charge is -2.26. The van der Waals surface area contributed by atoms with Crippen LogP contribution in [0.5, 0.6) is 5.75 Å². The lowest BCUT2D eigenvalue weighted by Crippen LogP contribution is -2.57. The fourth-order valence-corrected chi connectivity index (χ4v) is 2.48. The van der Waals surface area contributed by atoms with E-state index in [0.29, 0.717) is 5.56 Å². The molecule has 0 bridgehead atoms. The van der Waals surface area contributed by atoms with Gasteiger partial charge in [-0.25, -0.2) is 0 Å². The van der Waals surface area contributed by atoms with E-state index in [1.54, 1.807) is 26.0 Å². The number of nitrogens with two attached hydrogens (primary N) is 1. The number of carbonyl (C=O) groups excluding carboxylic acids is 3. The van der Waals surface area contributed by atoms with Crippen LogP contribution in [0.2, 0.25) is 0 Å². The third kappa shape index (κ3) is 7.78. The van der Waals surface area contributed by atoms with Crippen molar-refractivity contribution < 1.29 is 29.4 Å². The van der Waals surface area contributed by atoms with Crippen molar-refractivity contribution in [1.29, 1.82) is 0 Å². The topological polar surface area (TPSA) is 171 Å². The Morgan fingerprint density at radius 3 is 2.03 bits per heavy atom. The van der Waals surface area contributed by atoms with E-state index in [1.807, 2.05) is 0 Å². The molecule has 160 valence electrons. The Morgan fingerprint density at radius 2 is 1.55 bits per heavy atom. The largest absolute Gasteiger partial charge is 0.508 e. The fraction of sp³-hybridized carbons (Fsp3) is 0.474. The van der Waals surface area contributed by atoms with Gasteiger partial charge in [0.2, 0.25) is 17.7 Å². The van der Waals surface area contributed by atoms with Crippen molar-refractivity contribution in [1.82, 2.24) is 16.0 Å². The summed E-state index contributed by atoms with van der Waals surface area (Å²) < 4.78 is 0. The summed E-state index contributed by atoms with van der Waals surface area (Å²) >= 11 is 0. The summed E-state index contributed by atoms with van der Waals surface area (Å²) in [6, 6.07) is 2.98. The number of aliphatic carboxylic acids is 1. The van der Waals surface area contributed by atoms with E-state index in [4.69, 9.17) is 10.8 Å². The standard InChI is InChI=1S/C19H28N4O6/c1-10(2)16(18(27)21-11(3)19(28)29)23-17(26)14(22-15(25)9-20)8-12-4-6-13(24)7-5-12/h4-7,10-11,14,16,24H,8-9,20H2,1-3H3,(H,21,27)(H,22,25)(H,23,26)(H,28,29). The van der Waals surface area contributed by atoms with Crippen molar-refractivity contribution in [3.8, 4) is 5.75 Å². The van der Waals surface area contributed by atoms with Crippen molar-refractivity contribution in [3.05, 3.63) is 29.8 Å². The highest BCUT2D eigenvalue weighted by Gasteiger charge is 2.30. The zero-order valence-electron chi connectivity index (χ0n) is 16.6. The van der Waals surface area contributed by atoms with Gasteiger partial charge in [0.05, 0.1) is 6.54 Å². The van der Waals surface area contributed by atoms with Crippen molar-refractivity contribution in [2.45, 2.75) is 45.3 Å². The average molecular weight is 408 g/mol. The number of hydrogen-bond donors (Lipinski definition) is 6. The van der Waals surface area contributed by atoms with Gasteiger partial charge in [-0.05, 0) is 30.5 Å². The quantitative estimate of drug-likeness (QED) is 0.291. The Kier molecular flexibility index (Phi) is 9.07. The van der Waals surface area contributed by atoms with Crippen LogP contribution in [0.15, 0.2) is 24.3 Å². The van der Waals surface area contributed by atoms with E-state index in [-0.39, 0.29) is 24.6 Å². The number of carbonyl (C=O) groups is 4. The number of phenols is 1. The molecule has 0 aliphatic heterocycles.